The molecule has 1 N–H and O–H groups in total. The fourth-order valence-corrected chi connectivity index (χ4v) is 3.37. The van der Waals surface area contributed by atoms with Gasteiger partial charge in [0.05, 0.1) is 17.3 Å². The van der Waals surface area contributed by atoms with Gasteiger partial charge in [-0.2, -0.15) is 0 Å². The molecule has 0 aromatic heterocycles. The first-order valence-electron chi connectivity index (χ1n) is 8.00. The Kier molecular flexibility index (Phi) is 7.14. The van der Waals surface area contributed by atoms with Crippen molar-refractivity contribution in [3.63, 3.8) is 0 Å². The topological polar surface area (TPSA) is 61.8 Å². The van der Waals surface area contributed by atoms with Crippen molar-refractivity contribution < 1.29 is 12.8 Å². The molecule has 0 heterocycles. The average molecular weight is 398 g/mol. The zero-order valence-corrected chi connectivity index (χ0v) is 16.2. The van der Waals surface area contributed by atoms with Crippen LogP contribution in [0.1, 0.15) is 12.5 Å². The first-order valence-corrected chi connectivity index (χ1v) is 9.86. The molecule has 5 nitrogen and oxygen atoms in total. The molecule has 0 radical (unpaired) electrons. The van der Waals surface area contributed by atoms with E-state index < -0.39 is 15.8 Å². The van der Waals surface area contributed by atoms with Gasteiger partial charge in [0.25, 0.3) is 0 Å². The second kappa shape index (κ2) is 9.12. The number of benzene rings is 2. The zero-order chi connectivity index (χ0) is 19.2. The molecule has 0 unspecified atom stereocenters. The molecule has 8 heteroatoms. The molecular weight excluding hydrogens is 377 g/mol. The van der Waals surface area contributed by atoms with Gasteiger partial charge in [0.2, 0.25) is 10.0 Å². The number of likely N-dealkylation sites (N-methyl/N-ethyl adjacent to an activating group) is 1. The van der Waals surface area contributed by atoms with Crippen molar-refractivity contribution in [1.82, 2.24) is 9.62 Å². The largest absolute Gasteiger partial charge is 0.362 e. The molecule has 0 amide bonds. The second-order valence-corrected chi connectivity index (χ2v) is 7.90. The number of hydrogen-bond donors (Lipinski definition) is 1. The van der Waals surface area contributed by atoms with Crippen molar-refractivity contribution in [3.05, 3.63) is 64.9 Å². The lowest BCUT2D eigenvalue weighted by atomic mass is 10.2. The summed E-state index contributed by atoms with van der Waals surface area (Å²) >= 11 is 6.11. The summed E-state index contributed by atoms with van der Waals surface area (Å²) in [7, 11) is -1.83. The van der Waals surface area contributed by atoms with Gasteiger partial charge in [-0.15, -0.1) is 0 Å². The highest BCUT2D eigenvalue weighted by molar-refractivity contribution is 7.89. The monoisotopic (exact) mass is 397 g/mol. The standard InChI is InChI=1S/C18H21ClFN3O2S/c1-14(21-13-15-5-3-4-6-18(15)19)23(2)12-11-22-26(24,25)17-9-7-16(20)8-10-17/h3-10,22H,11-13H2,1-2H3. The number of nitrogens with zero attached hydrogens (tertiary/aromatic N) is 2. The first kappa shape index (κ1) is 20.4. The van der Waals surface area contributed by atoms with Crippen LogP contribution in [-0.2, 0) is 16.6 Å². The highest BCUT2D eigenvalue weighted by atomic mass is 35.5. The highest BCUT2D eigenvalue weighted by Gasteiger charge is 2.13. The summed E-state index contributed by atoms with van der Waals surface area (Å²) in [5.74, 6) is 0.292. The van der Waals surface area contributed by atoms with E-state index in [0.29, 0.717) is 18.1 Å². The lowest BCUT2D eigenvalue weighted by Gasteiger charge is -2.19. The number of sulfonamides is 1. The maximum Gasteiger partial charge on any atom is 0.240 e. The molecular formula is C18H21ClFN3O2S. The van der Waals surface area contributed by atoms with Crippen LogP contribution in [0.4, 0.5) is 4.39 Å². The summed E-state index contributed by atoms with van der Waals surface area (Å²) < 4.78 is 39.7. The molecule has 0 spiro atoms. The molecule has 0 atom stereocenters. The summed E-state index contributed by atoms with van der Waals surface area (Å²) in [6, 6.07) is 12.2. The van der Waals surface area contributed by atoms with Gasteiger partial charge >= 0.3 is 0 Å². The van der Waals surface area contributed by atoms with Gasteiger partial charge in [0, 0.05) is 25.2 Å². The van der Waals surface area contributed by atoms with Crippen LogP contribution in [0.2, 0.25) is 5.02 Å². The first-order chi connectivity index (χ1) is 12.3. The third kappa shape index (κ3) is 5.79. The van der Waals surface area contributed by atoms with Crippen LogP contribution < -0.4 is 4.72 Å². The van der Waals surface area contributed by atoms with E-state index in [1.807, 2.05) is 43.1 Å². The van der Waals surface area contributed by atoms with Gasteiger partial charge < -0.3 is 4.90 Å². The van der Waals surface area contributed by atoms with E-state index in [0.717, 1.165) is 23.5 Å². The zero-order valence-electron chi connectivity index (χ0n) is 14.6. The summed E-state index contributed by atoms with van der Waals surface area (Å²) in [4.78, 5) is 6.36. The lowest BCUT2D eigenvalue weighted by molar-refractivity contribution is 0.494. The van der Waals surface area contributed by atoms with E-state index in [-0.39, 0.29) is 11.4 Å². The van der Waals surface area contributed by atoms with Crippen LogP contribution >= 0.6 is 11.6 Å². The third-order valence-corrected chi connectivity index (χ3v) is 5.70. The van der Waals surface area contributed by atoms with E-state index in [1.165, 1.54) is 12.1 Å². The van der Waals surface area contributed by atoms with E-state index in [4.69, 9.17) is 11.6 Å². The minimum absolute atomic E-state index is 0.0330. The van der Waals surface area contributed by atoms with E-state index >= 15 is 0 Å². The predicted molar refractivity (Wildman–Crippen MR) is 102 cm³/mol. The van der Waals surface area contributed by atoms with Crippen molar-refractivity contribution in [2.75, 3.05) is 20.1 Å². The van der Waals surface area contributed by atoms with Crippen molar-refractivity contribution >= 4 is 27.5 Å². The summed E-state index contributed by atoms with van der Waals surface area (Å²) in [5.41, 5.74) is 0.930. The number of nitrogens with one attached hydrogen (secondary N) is 1. The Balaban J connectivity index is 1.87. The van der Waals surface area contributed by atoms with Crippen LogP contribution in [0.25, 0.3) is 0 Å². The van der Waals surface area contributed by atoms with Crippen LogP contribution in [0, 0.1) is 5.82 Å². The highest BCUT2D eigenvalue weighted by Crippen LogP contribution is 2.15. The van der Waals surface area contributed by atoms with E-state index in [1.54, 1.807) is 0 Å². The molecule has 0 aliphatic carbocycles. The predicted octanol–water partition coefficient (Wildman–Crippen LogP) is 3.31. The Hall–Kier alpha value is -1.96. The van der Waals surface area contributed by atoms with Crippen molar-refractivity contribution in [2.45, 2.75) is 18.4 Å². The van der Waals surface area contributed by atoms with E-state index in [2.05, 4.69) is 9.71 Å². The number of rotatable bonds is 7. The lowest BCUT2D eigenvalue weighted by Crippen LogP contribution is -2.35. The molecule has 0 saturated heterocycles. The molecule has 2 aromatic rings. The molecule has 0 aliphatic heterocycles. The fourth-order valence-electron chi connectivity index (χ4n) is 2.15. The quantitative estimate of drug-likeness (QED) is 0.576. The minimum Gasteiger partial charge on any atom is -0.362 e. The minimum atomic E-state index is -3.66. The van der Waals surface area contributed by atoms with Gasteiger partial charge in [0.15, 0.2) is 0 Å². The number of amidine groups is 1. The summed E-state index contributed by atoms with van der Waals surface area (Å²) in [5, 5.41) is 0.666. The Morgan fingerprint density at radius 2 is 1.85 bits per heavy atom. The van der Waals surface area contributed by atoms with Gasteiger partial charge in [-0.05, 0) is 42.8 Å². The molecule has 0 aliphatic rings. The molecule has 140 valence electrons. The molecule has 2 rings (SSSR count). The van der Waals surface area contributed by atoms with Crippen LogP contribution in [-0.4, -0.2) is 39.3 Å². The third-order valence-electron chi connectivity index (χ3n) is 3.85. The number of aliphatic imine (C=N–C) groups is 1. The Bertz CT molecular complexity index is 870. The van der Waals surface area contributed by atoms with Crippen molar-refractivity contribution in [3.8, 4) is 0 Å². The molecule has 0 saturated carbocycles. The summed E-state index contributed by atoms with van der Waals surface area (Å²) in [6.45, 7) is 2.95. The van der Waals surface area contributed by atoms with Crippen molar-refractivity contribution in [1.29, 1.82) is 0 Å². The number of hydrogen-bond acceptors (Lipinski definition) is 3. The van der Waals surface area contributed by atoms with Crippen molar-refractivity contribution in [2.24, 2.45) is 4.99 Å². The molecule has 0 fully saturated rings. The number of halogens is 2. The SMILES string of the molecule is CC(=NCc1ccccc1Cl)N(C)CCNS(=O)(=O)c1ccc(F)cc1. The van der Waals surface area contributed by atoms with Gasteiger partial charge in [-0.1, -0.05) is 29.8 Å². The Morgan fingerprint density at radius 3 is 2.50 bits per heavy atom. The van der Waals surface area contributed by atoms with Gasteiger partial charge in [0.1, 0.15) is 5.82 Å². The van der Waals surface area contributed by atoms with E-state index in [9.17, 15) is 12.8 Å². The molecule has 0 bridgehead atoms. The fraction of sp³-hybridized carbons (Fsp3) is 0.278. The Morgan fingerprint density at radius 1 is 1.19 bits per heavy atom. The molecule has 2 aromatic carbocycles. The normalized spacial score (nSPS) is 12.2. The maximum atomic E-state index is 12.9. The van der Waals surface area contributed by atoms with Gasteiger partial charge in [-0.3, -0.25) is 4.99 Å². The Labute approximate surface area is 158 Å². The molecule has 26 heavy (non-hydrogen) atoms. The second-order valence-electron chi connectivity index (χ2n) is 5.73. The van der Waals surface area contributed by atoms with Gasteiger partial charge in [-0.25, -0.2) is 17.5 Å². The average Bonchev–Trinajstić information content (AvgIpc) is 2.61. The summed E-state index contributed by atoms with van der Waals surface area (Å²) in [6.07, 6.45) is 0. The van der Waals surface area contributed by atoms with Crippen LogP contribution in [0.5, 0.6) is 0 Å². The van der Waals surface area contributed by atoms with Crippen LogP contribution in [0.15, 0.2) is 58.4 Å². The smallest absolute Gasteiger partial charge is 0.240 e. The maximum absolute atomic E-state index is 12.9. The van der Waals surface area contributed by atoms with Crippen LogP contribution in [0.3, 0.4) is 0 Å².